The van der Waals surface area contributed by atoms with Crippen LogP contribution in [-0.2, 0) is 14.3 Å². The Kier molecular flexibility index (Phi) is 7.73. The van der Waals surface area contributed by atoms with Crippen molar-refractivity contribution >= 4 is 17.7 Å². The summed E-state index contributed by atoms with van der Waals surface area (Å²) in [7, 11) is 0. The highest BCUT2D eigenvalue weighted by molar-refractivity contribution is 7.99. The Morgan fingerprint density at radius 1 is 1.07 bits per heavy atom. The first-order valence-corrected chi connectivity index (χ1v) is 12.2. The first-order chi connectivity index (χ1) is 13.1. The third-order valence-electron chi connectivity index (χ3n) is 7.05. The summed E-state index contributed by atoms with van der Waals surface area (Å²) in [5, 5.41) is 0. The normalized spacial score (nSPS) is 34.0. The zero-order valence-corrected chi connectivity index (χ0v) is 18.0. The van der Waals surface area contributed by atoms with E-state index in [1.54, 1.807) is 0 Å². The highest BCUT2D eigenvalue weighted by Crippen LogP contribution is 2.67. The fourth-order valence-corrected chi connectivity index (χ4v) is 7.38. The minimum Gasteiger partial charge on any atom is -0.463 e. The number of carbonyl (C=O) groups excluding carboxylic acids is 1. The average molecular weight is 395 g/mol. The third kappa shape index (κ3) is 5.76. The first-order valence-electron chi connectivity index (χ1n) is 11.0. The summed E-state index contributed by atoms with van der Waals surface area (Å²) in [5.74, 6) is 4.02. The van der Waals surface area contributed by atoms with Crippen molar-refractivity contribution in [3.05, 3.63) is 12.7 Å². The number of hydrogen-bond donors (Lipinski definition) is 0. The zero-order chi connectivity index (χ0) is 19.2. The molecule has 0 radical (unpaired) electrons. The predicted octanol–water partition coefficient (Wildman–Crippen LogP) is 5.63. The van der Waals surface area contributed by atoms with Crippen LogP contribution in [0.25, 0.3) is 0 Å². The maximum absolute atomic E-state index is 11.4. The largest absolute Gasteiger partial charge is 0.463 e. The fraction of sp³-hybridized carbons (Fsp3) is 0.870. The van der Waals surface area contributed by atoms with Crippen LogP contribution in [0.1, 0.15) is 71.1 Å². The maximum atomic E-state index is 11.4. The molecule has 4 aliphatic rings. The van der Waals surface area contributed by atoms with E-state index >= 15 is 0 Å². The molecule has 4 aliphatic carbocycles. The Hall–Kier alpha value is -0.480. The molecule has 0 aromatic rings. The van der Waals surface area contributed by atoms with Crippen LogP contribution < -0.4 is 0 Å². The van der Waals surface area contributed by atoms with E-state index in [1.165, 1.54) is 75.4 Å². The molecule has 27 heavy (non-hydrogen) atoms. The molecule has 4 rings (SSSR count). The van der Waals surface area contributed by atoms with Crippen molar-refractivity contribution in [3.8, 4) is 0 Å². The van der Waals surface area contributed by atoms with Gasteiger partial charge in [0.1, 0.15) is 0 Å². The maximum Gasteiger partial charge on any atom is 0.330 e. The summed E-state index contributed by atoms with van der Waals surface area (Å²) < 4.78 is 11.4. The lowest BCUT2D eigenvalue weighted by atomic mass is 9.43. The van der Waals surface area contributed by atoms with E-state index in [1.807, 2.05) is 11.8 Å². The first kappa shape index (κ1) is 21.2. The van der Waals surface area contributed by atoms with E-state index < -0.39 is 0 Å². The van der Waals surface area contributed by atoms with Gasteiger partial charge in [0.15, 0.2) is 0 Å². The molecule has 0 heterocycles. The van der Waals surface area contributed by atoms with Gasteiger partial charge in [-0.3, -0.25) is 0 Å². The van der Waals surface area contributed by atoms with E-state index in [-0.39, 0.29) is 5.97 Å². The minimum absolute atomic E-state index is 0.278. The van der Waals surface area contributed by atoms with Crippen molar-refractivity contribution in [3.63, 3.8) is 0 Å². The summed E-state index contributed by atoms with van der Waals surface area (Å²) in [6, 6.07) is 0. The number of carbonyl (C=O) groups is 1. The van der Waals surface area contributed by atoms with E-state index in [0.717, 1.165) is 31.5 Å². The second-order valence-electron chi connectivity index (χ2n) is 9.41. The number of esters is 1. The number of hydrogen-bond acceptors (Lipinski definition) is 4. The van der Waals surface area contributed by atoms with Gasteiger partial charge in [-0.25, -0.2) is 4.79 Å². The summed E-state index contributed by atoms with van der Waals surface area (Å²) in [4.78, 5) is 11.4. The Morgan fingerprint density at radius 3 is 2.37 bits per heavy atom. The van der Waals surface area contributed by atoms with Gasteiger partial charge in [-0.2, -0.15) is 11.8 Å². The van der Waals surface area contributed by atoms with E-state index in [0.29, 0.717) is 17.4 Å². The summed E-state index contributed by atoms with van der Waals surface area (Å²) >= 11 is 2.05. The van der Waals surface area contributed by atoms with Gasteiger partial charge in [-0.1, -0.05) is 13.5 Å². The Balaban J connectivity index is 1.43. The van der Waals surface area contributed by atoms with E-state index in [4.69, 9.17) is 9.47 Å². The molecule has 0 aromatic heterocycles. The lowest BCUT2D eigenvalue weighted by molar-refractivity contribution is -0.145. The van der Waals surface area contributed by atoms with Gasteiger partial charge < -0.3 is 9.47 Å². The van der Waals surface area contributed by atoms with E-state index in [9.17, 15) is 4.79 Å². The molecule has 0 N–H and O–H groups in total. The van der Waals surface area contributed by atoms with Gasteiger partial charge >= 0.3 is 5.97 Å². The molecule has 0 saturated heterocycles. The monoisotopic (exact) mass is 394 g/mol. The van der Waals surface area contributed by atoms with Crippen LogP contribution in [0, 0.1) is 22.7 Å². The molecule has 4 fully saturated rings. The highest BCUT2D eigenvalue weighted by atomic mass is 32.2. The van der Waals surface area contributed by atoms with Gasteiger partial charge in [0.25, 0.3) is 0 Å². The van der Waals surface area contributed by atoms with Crippen molar-refractivity contribution in [2.75, 3.05) is 31.3 Å². The average Bonchev–Trinajstić information content (AvgIpc) is 2.62. The molecule has 2 unspecified atom stereocenters. The molecule has 0 aromatic carbocycles. The fourth-order valence-electron chi connectivity index (χ4n) is 6.56. The standard InChI is InChI=1S/C23H38O3S/c1-3-11-27-12-5-8-25-9-6-22-14-19-13-20(15-22)17-23(16-19,18-22)7-10-26-21(24)4-2/h4,19-20H,2-3,5-18H2,1H3. The molecule has 2 atom stereocenters. The lowest BCUT2D eigenvalue weighted by Gasteiger charge is -2.62. The number of rotatable bonds is 13. The number of thioether (sulfide) groups is 1. The Morgan fingerprint density at radius 2 is 1.74 bits per heavy atom. The topological polar surface area (TPSA) is 35.5 Å². The van der Waals surface area contributed by atoms with Crippen LogP contribution >= 0.6 is 11.8 Å². The molecule has 4 bridgehead atoms. The van der Waals surface area contributed by atoms with Gasteiger partial charge in [0, 0.05) is 19.3 Å². The summed E-state index contributed by atoms with van der Waals surface area (Å²) in [6.45, 7) is 8.15. The molecule has 3 nitrogen and oxygen atoms in total. The molecule has 4 saturated carbocycles. The Bertz CT molecular complexity index is 490. The van der Waals surface area contributed by atoms with Crippen molar-refractivity contribution in [2.45, 2.75) is 71.1 Å². The highest BCUT2D eigenvalue weighted by Gasteiger charge is 2.56. The van der Waals surface area contributed by atoms with Crippen LogP contribution in [0.15, 0.2) is 12.7 Å². The molecule has 0 spiro atoms. The van der Waals surface area contributed by atoms with Crippen LogP contribution in [0.3, 0.4) is 0 Å². The third-order valence-corrected chi connectivity index (χ3v) is 8.32. The molecular formula is C23H38O3S. The predicted molar refractivity (Wildman–Crippen MR) is 113 cm³/mol. The van der Waals surface area contributed by atoms with Crippen molar-refractivity contribution in [2.24, 2.45) is 22.7 Å². The van der Waals surface area contributed by atoms with Crippen LogP contribution in [0.2, 0.25) is 0 Å². The van der Waals surface area contributed by atoms with Crippen LogP contribution in [-0.4, -0.2) is 37.3 Å². The zero-order valence-electron chi connectivity index (χ0n) is 17.2. The SMILES string of the molecule is C=CC(=O)OCCC12CC3CC(CC(CCOCCCSCCC)(C3)C1)C2. The molecule has 0 amide bonds. The Labute approximate surface area is 170 Å². The van der Waals surface area contributed by atoms with Crippen molar-refractivity contribution < 1.29 is 14.3 Å². The van der Waals surface area contributed by atoms with Crippen molar-refractivity contribution in [1.29, 1.82) is 0 Å². The smallest absolute Gasteiger partial charge is 0.330 e. The van der Waals surface area contributed by atoms with Crippen LogP contribution in [0.5, 0.6) is 0 Å². The second kappa shape index (κ2) is 9.82. The molecular weight excluding hydrogens is 356 g/mol. The van der Waals surface area contributed by atoms with Gasteiger partial charge in [0.2, 0.25) is 0 Å². The van der Waals surface area contributed by atoms with Gasteiger partial charge in [0.05, 0.1) is 6.61 Å². The van der Waals surface area contributed by atoms with Crippen LogP contribution in [0.4, 0.5) is 0 Å². The summed E-state index contributed by atoms with van der Waals surface area (Å²) in [6.07, 6.45) is 14.3. The molecule has 0 aliphatic heterocycles. The van der Waals surface area contributed by atoms with Gasteiger partial charge in [-0.05, 0) is 98.4 Å². The molecule has 154 valence electrons. The van der Waals surface area contributed by atoms with Crippen molar-refractivity contribution in [1.82, 2.24) is 0 Å². The van der Waals surface area contributed by atoms with E-state index in [2.05, 4.69) is 13.5 Å². The summed E-state index contributed by atoms with van der Waals surface area (Å²) in [5.41, 5.74) is 0.922. The quantitative estimate of drug-likeness (QED) is 0.230. The second-order valence-corrected chi connectivity index (χ2v) is 10.6. The number of ether oxygens (including phenoxy) is 2. The lowest BCUT2D eigenvalue weighted by Crippen LogP contribution is -2.52. The van der Waals surface area contributed by atoms with Gasteiger partial charge in [-0.15, -0.1) is 0 Å². The molecule has 4 heteroatoms. The minimum atomic E-state index is -0.278.